The van der Waals surface area contributed by atoms with Gasteiger partial charge in [0.25, 0.3) is 5.91 Å². The number of hydrogen-bond donors (Lipinski definition) is 4. The van der Waals surface area contributed by atoms with Crippen LogP contribution in [0.2, 0.25) is 14.4 Å². The van der Waals surface area contributed by atoms with Crippen LogP contribution in [0, 0.1) is 0 Å². The molecule has 1 unspecified atom stereocenters. The molecule has 0 fully saturated rings. The van der Waals surface area contributed by atoms with Crippen LogP contribution in [-0.4, -0.2) is 30.6 Å². The van der Waals surface area contributed by atoms with E-state index in [9.17, 15) is 4.79 Å². The van der Waals surface area contributed by atoms with E-state index < -0.39 is 0 Å². The number of thiophene rings is 1. The van der Waals surface area contributed by atoms with Gasteiger partial charge in [-0.25, -0.2) is 5.84 Å². The van der Waals surface area contributed by atoms with Crippen LogP contribution >= 0.6 is 57.7 Å². The molecule has 0 aliphatic rings. The molecule has 1 heterocycles. The second kappa shape index (κ2) is 10.1. The highest BCUT2D eigenvalue weighted by Crippen LogP contribution is 2.34. The number of amides is 1. The molecule has 1 aromatic heterocycles. The molecule has 1 amide bonds. The maximum atomic E-state index is 12.7. The fourth-order valence-corrected chi connectivity index (χ4v) is 4.47. The Bertz CT molecular complexity index is 896. The highest BCUT2D eigenvalue weighted by atomic mass is 35.5. The first-order chi connectivity index (χ1) is 13.1. The number of halogens is 4. The zero-order valence-electron chi connectivity index (χ0n) is 14.9. The third kappa shape index (κ3) is 5.75. The Morgan fingerprint density at radius 2 is 2.00 bits per heavy atom. The molecule has 6 nitrogen and oxygen atoms in total. The van der Waals surface area contributed by atoms with E-state index in [4.69, 9.17) is 58.0 Å². The fourth-order valence-electron chi connectivity index (χ4n) is 2.57. The van der Waals surface area contributed by atoms with E-state index in [1.165, 1.54) is 5.01 Å². The van der Waals surface area contributed by atoms with Crippen molar-refractivity contribution >= 4 is 69.3 Å². The summed E-state index contributed by atoms with van der Waals surface area (Å²) in [5.41, 5.74) is 11.3. The number of nitrogens with zero attached hydrogens (tertiary/aromatic N) is 1. The minimum absolute atomic E-state index is 0.217. The molecule has 2 rings (SSSR count). The third-order valence-corrected chi connectivity index (χ3v) is 6.00. The van der Waals surface area contributed by atoms with Crippen molar-refractivity contribution in [1.29, 1.82) is 0 Å². The molecule has 0 radical (unpaired) electrons. The molecule has 0 saturated heterocycles. The van der Waals surface area contributed by atoms with Crippen LogP contribution in [-0.2, 0) is 6.42 Å². The van der Waals surface area contributed by atoms with E-state index in [1.54, 1.807) is 25.2 Å². The van der Waals surface area contributed by atoms with Gasteiger partial charge >= 0.3 is 0 Å². The molecule has 0 aliphatic heterocycles. The number of benzene rings is 1. The van der Waals surface area contributed by atoms with Gasteiger partial charge in [-0.1, -0.05) is 40.9 Å². The van der Waals surface area contributed by atoms with Gasteiger partial charge in [0.15, 0.2) is 0 Å². The van der Waals surface area contributed by atoms with Crippen molar-refractivity contribution in [2.75, 3.05) is 13.6 Å². The van der Waals surface area contributed by atoms with Crippen molar-refractivity contribution in [3.05, 3.63) is 59.8 Å². The highest BCUT2D eigenvalue weighted by Gasteiger charge is 2.22. The lowest BCUT2D eigenvalue weighted by atomic mass is 10.1. The van der Waals surface area contributed by atoms with Crippen LogP contribution < -0.4 is 22.6 Å². The summed E-state index contributed by atoms with van der Waals surface area (Å²) in [4.78, 5) is 13.1. The number of rotatable bonds is 7. The van der Waals surface area contributed by atoms with Gasteiger partial charge in [-0.2, -0.15) is 0 Å². The number of quaternary nitrogens is 1. The predicted octanol–water partition coefficient (Wildman–Crippen LogP) is 2.92. The minimum atomic E-state index is -0.320. The normalized spacial score (nSPS) is 13.1. The molecule has 8 N–H and O–H groups in total. The van der Waals surface area contributed by atoms with Gasteiger partial charge in [0.2, 0.25) is 5.16 Å². The predicted molar refractivity (Wildman–Crippen MR) is 117 cm³/mol. The van der Waals surface area contributed by atoms with Crippen LogP contribution in [0.4, 0.5) is 0 Å². The number of nitrogens with two attached hydrogens (primary N) is 2. The zero-order valence-corrected chi connectivity index (χ0v) is 18.8. The zero-order chi connectivity index (χ0) is 21.0. The number of nitrogens with one attached hydrogen (secondary N) is 1. The molecular formula is C17H20Cl4N5OS+. The molecule has 0 spiro atoms. The van der Waals surface area contributed by atoms with Gasteiger partial charge in [0.1, 0.15) is 10.0 Å². The first-order valence-corrected chi connectivity index (χ1v) is 10.4. The summed E-state index contributed by atoms with van der Waals surface area (Å²) in [7, 11) is 1.61. The molecule has 1 atom stereocenters. The molecule has 152 valence electrons. The number of carbonyl (C=O) groups is 1. The highest BCUT2D eigenvalue weighted by molar-refractivity contribution is 7.18. The number of carbonyl (C=O) groups excluding carboxylic acids is 1. The van der Waals surface area contributed by atoms with E-state index in [1.807, 2.05) is 6.07 Å². The summed E-state index contributed by atoms with van der Waals surface area (Å²) in [6.07, 6.45) is 0.464. The van der Waals surface area contributed by atoms with E-state index in [0.29, 0.717) is 36.9 Å². The molecule has 1 aromatic carbocycles. The van der Waals surface area contributed by atoms with Crippen LogP contribution in [0.1, 0.15) is 20.8 Å². The number of hydrazine groups is 1. The van der Waals surface area contributed by atoms with Crippen LogP contribution in [0.15, 0.2) is 29.4 Å². The summed E-state index contributed by atoms with van der Waals surface area (Å²) in [6, 6.07) is 6.50. The van der Waals surface area contributed by atoms with Crippen LogP contribution in [0.25, 0.3) is 5.70 Å². The molecule has 0 bridgehead atoms. The van der Waals surface area contributed by atoms with Gasteiger partial charge in [-0.15, -0.1) is 11.3 Å². The monoisotopic (exact) mass is 482 g/mol. The second-order valence-electron chi connectivity index (χ2n) is 6.01. The molecule has 0 aliphatic carbocycles. The van der Waals surface area contributed by atoms with Crippen molar-refractivity contribution in [3.63, 3.8) is 0 Å². The third-order valence-electron chi connectivity index (χ3n) is 3.88. The average molecular weight is 484 g/mol. The maximum Gasteiger partial charge on any atom is 0.261 e. The first-order valence-electron chi connectivity index (χ1n) is 8.08. The van der Waals surface area contributed by atoms with Crippen molar-refractivity contribution in [3.8, 4) is 0 Å². The second-order valence-corrected chi connectivity index (χ2v) is 8.96. The SMILES string of the molecule is CN(N)C(=C([NH3+])Cl)c1cc(C(=O)NC(CN)Cc2ccc(Cl)cc2Cl)sc1Cl. The molecular weight excluding hydrogens is 464 g/mol. The standard InChI is InChI=1S/C17H19Cl4N5OS/c1-26(24)14(15(20)23)11-6-13(28-16(11)21)17(27)25-10(7-22)4-8-2-3-9(18)5-12(8)19/h2-3,5-6,10H,4,7,22-24H2,1H3,(H,25,27)/p+1. The average Bonchev–Trinajstić information content (AvgIpc) is 2.97. The Kier molecular flexibility index (Phi) is 8.42. The molecule has 2 aromatic rings. The Morgan fingerprint density at radius 1 is 1.32 bits per heavy atom. The lowest BCUT2D eigenvalue weighted by molar-refractivity contribution is -0.286. The van der Waals surface area contributed by atoms with Gasteiger partial charge in [-0.05, 0) is 41.8 Å². The van der Waals surface area contributed by atoms with Crippen molar-refractivity contribution in [2.45, 2.75) is 12.5 Å². The van der Waals surface area contributed by atoms with Gasteiger partial charge in [-0.3, -0.25) is 4.79 Å². The van der Waals surface area contributed by atoms with E-state index in [0.717, 1.165) is 16.9 Å². The summed E-state index contributed by atoms with van der Waals surface area (Å²) < 4.78 is 0.379. The summed E-state index contributed by atoms with van der Waals surface area (Å²) in [5, 5.41) is 5.48. The van der Waals surface area contributed by atoms with E-state index in [-0.39, 0.29) is 23.6 Å². The Balaban J connectivity index is 2.19. The molecule has 28 heavy (non-hydrogen) atoms. The van der Waals surface area contributed by atoms with Crippen molar-refractivity contribution < 1.29 is 10.5 Å². The smallest absolute Gasteiger partial charge is 0.261 e. The summed E-state index contributed by atoms with van der Waals surface area (Å²) in [6.45, 7) is 0.234. The lowest BCUT2D eigenvalue weighted by Crippen LogP contribution is -2.47. The van der Waals surface area contributed by atoms with Crippen LogP contribution in [0.3, 0.4) is 0 Å². The molecule has 0 saturated carbocycles. The van der Waals surface area contributed by atoms with Crippen LogP contribution in [0.5, 0.6) is 0 Å². The van der Waals surface area contributed by atoms with Gasteiger partial charge in [0, 0.05) is 35.2 Å². The molecule has 11 heteroatoms. The summed E-state index contributed by atoms with van der Waals surface area (Å²) in [5.74, 6) is 5.49. The number of hydrogen-bond acceptors (Lipinski definition) is 5. The topological polar surface area (TPSA) is 112 Å². The summed E-state index contributed by atoms with van der Waals surface area (Å²) >= 11 is 25.5. The first kappa shape index (κ1) is 23.3. The lowest BCUT2D eigenvalue weighted by Gasteiger charge is -2.17. The van der Waals surface area contributed by atoms with E-state index in [2.05, 4.69) is 11.1 Å². The van der Waals surface area contributed by atoms with Crippen molar-refractivity contribution in [2.24, 2.45) is 11.6 Å². The van der Waals surface area contributed by atoms with Crippen molar-refractivity contribution in [1.82, 2.24) is 10.3 Å². The maximum absolute atomic E-state index is 12.7. The van der Waals surface area contributed by atoms with Gasteiger partial charge < -0.3 is 21.8 Å². The van der Waals surface area contributed by atoms with E-state index >= 15 is 0 Å². The Labute approximate surface area is 187 Å². The largest absolute Gasteiger partial charge is 0.347 e. The van der Waals surface area contributed by atoms with Gasteiger partial charge in [0.05, 0.1) is 4.88 Å². The minimum Gasteiger partial charge on any atom is -0.347 e. The fraction of sp³-hybridized carbons (Fsp3) is 0.235. The quantitative estimate of drug-likeness (QED) is 0.275. The Morgan fingerprint density at radius 3 is 2.54 bits per heavy atom. The Hall–Kier alpha value is -1.03.